The van der Waals surface area contributed by atoms with Crippen molar-refractivity contribution in [3.8, 4) is 11.3 Å². The molecule has 1 aromatic heterocycles. The molecule has 6 nitrogen and oxygen atoms in total. The van der Waals surface area contributed by atoms with E-state index in [4.69, 9.17) is 10.2 Å². The van der Waals surface area contributed by atoms with Gasteiger partial charge in [-0.25, -0.2) is 18.1 Å². The number of aryl methyl sites for hydroxylation is 1. The molecule has 1 aliphatic rings. The normalized spacial score (nSPS) is 16.6. The molecule has 0 unspecified atom stereocenters. The van der Waals surface area contributed by atoms with E-state index >= 15 is 0 Å². The van der Waals surface area contributed by atoms with E-state index in [9.17, 15) is 8.42 Å². The number of sulfonamides is 1. The highest BCUT2D eigenvalue weighted by Gasteiger charge is 2.33. The Balaban J connectivity index is 1.79. The lowest BCUT2D eigenvalue weighted by molar-refractivity contribution is 0.519. The molecule has 1 aliphatic carbocycles. The van der Waals surface area contributed by atoms with Crippen LogP contribution in [0.15, 0.2) is 39.8 Å². The van der Waals surface area contributed by atoms with Crippen molar-refractivity contribution in [2.45, 2.75) is 30.7 Å². The molecule has 1 aromatic carbocycles. The maximum Gasteiger partial charge on any atom is 0.240 e. The minimum absolute atomic E-state index is 0.178. The molecule has 3 rings (SSSR count). The maximum atomic E-state index is 12.4. The van der Waals surface area contributed by atoms with Gasteiger partial charge in [-0.15, -0.1) is 0 Å². The Morgan fingerprint density at radius 3 is 2.55 bits per heavy atom. The molecular formula is C15H19N3O3S. The van der Waals surface area contributed by atoms with E-state index < -0.39 is 10.0 Å². The molecule has 7 heteroatoms. The number of oxazole rings is 1. The molecule has 0 bridgehead atoms. The van der Waals surface area contributed by atoms with Crippen LogP contribution < -0.4 is 10.5 Å². The molecule has 0 amide bonds. The summed E-state index contributed by atoms with van der Waals surface area (Å²) in [6, 6.07) is 6.41. The van der Waals surface area contributed by atoms with Gasteiger partial charge in [0.2, 0.25) is 10.0 Å². The van der Waals surface area contributed by atoms with Gasteiger partial charge in [-0.05, 0) is 30.9 Å². The second kappa shape index (κ2) is 5.83. The van der Waals surface area contributed by atoms with Crippen molar-refractivity contribution in [3.05, 3.63) is 36.4 Å². The fourth-order valence-corrected chi connectivity index (χ4v) is 3.72. The van der Waals surface area contributed by atoms with Crippen LogP contribution in [0.2, 0.25) is 0 Å². The monoisotopic (exact) mass is 321 g/mol. The number of rotatable bonds is 6. The zero-order chi connectivity index (χ0) is 15.7. The van der Waals surface area contributed by atoms with Crippen molar-refractivity contribution in [2.75, 3.05) is 6.54 Å². The summed E-state index contributed by atoms with van der Waals surface area (Å²) in [4.78, 5) is 4.45. The van der Waals surface area contributed by atoms with Gasteiger partial charge < -0.3 is 10.2 Å². The number of aromatic nitrogens is 1. The molecule has 118 valence electrons. The van der Waals surface area contributed by atoms with Gasteiger partial charge in [0.15, 0.2) is 5.89 Å². The van der Waals surface area contributed by atoms with Crippen LogP contribution >= 0.6 is 0 Å². The van der Waals surface area contributed by atoms with Crippen LogP contribution in [-0.2, 0) is 10.0 Å². The van der Waals surface area contributed by atoms with E-state index in [0.717, 1.165) is 18.4 Å². The lowest BCUT2D eigenvalue weighted by atomic mass is 10.2. The first-order valence-corrected chi connectivity index (χ1v) is 8.73. The van der Waals surface area contributed by atoms with Crippen LogP contribution in [0.1, 0.15) is 18.7 Å². The molecule has 0 aliphatic heterocycles. The SMILES string of the molecule is Cc1nc(-c2ccc(S(=O)(=O)N[C@H](CN)C3CC3)cc2)co1. The number of benzene rings is 1. The summed E-state index contributed by atoms with van der Waals surface area (Å²) >= 11 is 0. The summed E-state index contributed by atoms with van der Waals surface area (Å²) in [7, 11) is -3.54. The topological polar surface area (TPSA) is 98.2 Å². The number of hydrogen-bond acceptors (Lipinski definition) is 5. The summed E-state index contributed by atoms with van der Waals surface area (Å²) in [6.07, 6.45) is 3.62. The zero-order valence-corrected chi connectivity index (χ0v) is 13.1. The van der Waals surface area contributed by atoms with Gasteiger partial charge in [0, 0.05) is 25.1 Å². The van der Waals surface area contributed by atoms with Crippen LogP contribution in [0.25, 0.3) is 11.3 Å². The molecule has 1 fully saturated rings. The minimum atomic E-state index is -3.54. The average molecular weight is 321 g/mol. The molecule has 1 saturated carbocycles. The third-order valence-electron chi connectivity index (χ3n) is 3.83. The average Bonchev–Trinajstić information content (AvgIpc) is 3.26. The second-order valence-corrected chi connectivity index (χ2v) is 7.29. The van der Waals surface area contributed by atoms with Crippen molar-refractivity contribution >= 4 is 10.0 Å². The summed E-state index contributed by atoms with van der Waals surface area (Å²) in [5, 5.41) is 0. The van der Waals surface area contributed by atoms with E-state index in [1.807, 2.05) is 0 Å². The number of nitrogens with two attached hydrogens (primary N) is 1. The highest BCUT2D eigenvalue weighted by molar-refractivity contribution is 7.89. The zero-order valence-electron chi connectivity index (χ0n) is 12.3. The molecular weight excluding hydrogens is 302 g/mol. The van der Waals surface area contributed by atoms with Crippen molar-refractivity contribution < 1.29 is 12.8 Å². The lowest BCUT2D eigenvalue weighted by Gasteiger charge is -2.16. The van der Waals surface area contributed by atoms with Crippen LogP contribution in [-0.4, -0.2) is 26.0 Å². The molecule has 1 atom stereocenters. The second-order valence-electron chi connectivity index (χ2n) is 5.58. The van der Waals surface area contributed by atoms with Crippen molar-refractivity contribution in [2.24, 2.45) is 11.7 Å². The Labute approximate surface area is 129 Å². The minimum Gasteiger partial charge on any atom is -0.449 e. The van der Waals surface area contributed by atoms with E-state index in [0.29, 0.717) is 24.0 Å². The van der Waals surface area contributed by atoms with E-state index in [1.54, 1.807) is 37.5 Å². The van der Waals surface area contributed by atoms with E-state index in [2.05, 4.69) is 9.71 Å². The summed E-state index contributed by atoms with van der Waals surface area (Å²) < 4.78 is 32.6. The Hall–Kier alpha value is -1.70. The van der Waals surface area contributed by atoms with E-state index in [1.165, 1.54) is 0 Å². The maximum absolute atomic E-state index is 12.4. The van der Waals surface area contributed by atoms with Gasteiger partial charge >= 0.3 is 0 Å². The highest BCUT2D eigenvalue weighted by Crippen LogP contribution is 2.33. The van der Waals surface area contributed by atoms with Gasteiger partial charge in [-0.2, -0.15) is 0 Å². The Morgan fingerprint density at radius 1 is 1.36 bits per heavy atom. The number of nitrogens with one attached hydrogen (secondary N) is 1. The van der Waals surface area contributed by atoms with E-state index in [-0.39, 0.29) is 10.9 Å². The Morgan fingerprint density at radius 2 is 2.05 bits per heavy atom. The first kappa shape index (κ1) is 15.2. The van der Waals surface area contributed by atoms with Crippen LogP contribution in [0.4, 0.5) is 0 Å². The Bertz CT molecular complexity index is 749. The fourth-order valence-electron chi connectivity index (χ4n) is 2.40. The van der Waals surface area contributed by atoms with Gasteiger partial charge in [-0.3, -0.25) is 0 Å². The number of nitrogens with zero attached hydrogens (tertiary/aromatic N) is 1. The molecule has 22 heavy (non-hydrogen) atoms. The molecule has 1 heterocycles. The molecule has 0 radical (unpaired) electrons. The summed E-state index contributed by atoms with van der Waals surface area (Å²) in [6.45, 7) is 2.08. The lowest BCUT2D eigenvalue weighted by Crippen LogP contribution is -2.41. The number of hydrogen-bond donors (Lipinski definition) is 2. The standard InChI is InChI=1S/C15H19N3O3S/c1-10-17-15(9-21-10)12-4-6-13(7-5-12)22(19,20)18-14(8-16)11-2-3-11/h4-7,9,11,14,18H,2-3,8,16H2,1H3/t14-/m1/s1. The quantitative estimate of drug-likeness (QED) is 0.843. The molecule has 0 saturated heterocycles. The van der Waals surface area contributed by atoms with Gasteiger partial charge in [0.1, 0.15) is 12.0 Å². The largest absolute Gasteiger partial charge is 0.449 e. The predicted octanol–water partition coefficient (Wildman–Crippen LogP) is 1.67. The van der Waals surface area contributed by atoms with Crippen molar-refractivity contribution in [3.63, 3.8) is 0 Å². The third-order valence-corrected chi connectivity index (χ3v) is 5.34. The first-order chi connectivity index (χ1) is 10.5. The Kier molecular flexibility index (Phi) is 4.03. The van der Waals surface area contributed by atoms with Crippen LogP contribution in [0.3, 0.4) is 0 Å². The molecule has 0 spiro atoms. The third kappa shape index (κ3) is 3.21. The first-order valence-electron chi connectivity index (χ1n) is 7.24. The van der Waals surface area contributed by atoms with Gasteiger partial charge in [0.05, 0.1) is 4.90 Å². The van der Waals surface area contributed by atoms with Crippen molar-refractivity contribution in [1.82, 2.24) is 9.71 Å². The molecule has 2 aromatic rings. The van der Waals surface area contributed by atoms with Gasteiger partial charge in [-0.1, -0.05) is 12.1 Å². The highest BCUT2D eigenvalue weighted by atomic mass is 32.2. The van der Waals surface area contributed by atoms with Gasteiger partial charge in [0.25, 0.3) is 0 Å². The smallest absolute Gasteiger partial charge is 0.240 e. The summed E-state index contributed by atoms with van der Waals surface area (Å²) in [5.74, 6) is 0.945. The molecule has 3 N–H and O–H groups in total. The van der Waals surface area contributed by atoms with Crippen LogP contribution in [0.5, 0.6) is 0 Å². The summed E-state index contributed by atoms with van der Waals surface area (Å²) in [5.41, 5.74) is 7.16. The van der Waals surface area contributed by atoms with Crippen LogP contribution in [0, 0.1) is 12.8 Å². The fraction of sp³-hybridized carbons (Fsp3) is 0.400. The predicted molar refractivity (Wildman–Crippen MR) is 82.6 cm³/mol. The van der Waals surface area contributed by atoms with Crippen molar-refractivity contribution in [1.29, 1.82) is 0 Å².